The summed E-state index contributed by atoms with van der Waals surface area (Å²) in [5, 5.41) is 27.0. The van der Waals surface area contributed by atoms with E-state index in [0.717, 1.165) is 0 Å². The third-order valence-electron chi connectivity index (χ3n) is 2.08. The molecule has 1 aliphatic rings. The van der Waals surface area contributed by atoms with Crippen LogP contribution in [0.3, 0.4) is 0 Å². The molecule has 3 N–H and O–H groups in total. The summed E-state index contributed by atoms with van der Waals surface area (Å²) in [4.78, 5) is 20.4. The van der Waals surface area contributed by atoms with Crippen molar-refractivity contribution in [3.63, 3.8) is 0 Å². The second-order valence-electron chi connectivity index (χ2n) is 3.28. The second kappa shape index (κ2) is 5.30. The van der Waals surface area contributed by atoms with Crippen molar-refractivity contribution in [2.45, 2.75) is 29.9 Å². The smallest absolute Gasteiger partial charge is 0.169 e. The largest absolute Gasteiger partial charge is 0.790 e. The summed E-state index contributed by atoms with van der Waals surface area (Å²) in [7, 11) is -5.19. The molecule has 0 unspecified atom stereocenters. The Morgan fingerprint density at radius 3 is 2.38 bits per heavy atom. The Morgan fingerprint density at radius 1 is 1.31 bits per heavy atom. The Labute approximate surface area is 96.5 Å². The van der Waals surface area contributed by atoms with E-state index in [9.17, 15) is 29.7 Å². The van der Waals surface area contributed by atoms with Gasteiger partial charge in [-0.05, 0) is 0 Å². The minimum atomic E-state index is -5.19. The van der Waals surface area contributed by atoms with E-state index in [1.54, 1.807) is 0 Å². The van der Waals surface area contributed by atoms with Gasteiger partial charge in [0.1, 0.15) is 12.2 Å². The molecule has 0 aliphatic carbocycles. The van der Waals surface area contributed by atoms with Crippen molar-refractivity contribution in [1.29, 1.82) is 0 Å². The van der Waals surface area contributed by atoms with Crippen LogP contribution in [0.2, 0.25) is 0 Å². The summed E-state index contributed by atoms with van der Waals surface area (Å²) < 4.78 is 18.8. The summed E-state index contributed by atoms with van der Waals surface area (Å²) in [6.45, 7) is -0.778. The average Bonchev–Trinajstić information content (AvgIpc) is 2.17. The van der Waals surface area contributed by atoms with Gasteiger partial charge in [-0.3, -0.25) is 0 Å². The maximum absolute atomic E-state index is 10.2. The van der Waals surface area contributed by atoms with Crippen LogP contribution < -0.4 is 9.79 Å². The van der Waals surface area contributed by atoms with Gasteiger partial charge in [-0.25, -0.2) is 0 Å². The van der Waals surface area contributed by atoms with Gasteiger partial charge in [0.15, 0.2) is 6.29 Å². The number of phosphoric ester groups is 1. The molecule has 1 fully saturated rings. The minimum absolute atomic E-state index is 0.778. The highest BCUT2D eigenvalue weighted by Crippen LogP contribution is 2.29. The lowest BCUT2D eigenvalue weighted by atomic mass is 10.0. The van der Waals surface area contributed by atoms with Crippen molar-refractivity contribution in [3.05, 3.63) is 0 Å². The topological polar surface area (TPSA) is 142 Å². The lowest BCUT2D eigenvalue weighted by Gasteiger charge is -2.40. The van der Waals surface area contributed by atoms with Crippen LogP contribution in [0, 0.1) is 0 Å². The molecule has 0 aromatic carbocycles. The minimum Gasteiger partial charge on any atom is -0.790 e. The highest BCUT2D eigenvalue weighted by Gasteiger charge is 2.42. The second-order valence-corrected chi connectivity index (χ2v) is 5.03. The molecule has 8 nitrogen and oxygen atoms in total. The van der Waals surface area contributed by atoms with Gasteiger partial charge < -0.3 is 38.9 Å². The third kappa shape index (κ3) is 3.66. The van der Waals surface area contributed by atoms with Gasteiger partial charge in [-0.1, -0.05) is 0 Å². The Balaban J connectivity index is 2.57. The first-order valence-corrected chi connectivity index (χ1v) is 6.24. The number of phosphoric acid groups is 1. The maximum Gasteiger partial charge on any atom is 0.169 e. The van der Waals surface area contributed by atoms with E-state index < -0.39 is 44.3 Å². The third-order valence-corrected chi connectivity index (χ3v) is 3.11. The molecule has 0 spiro atoms. The predicted octanol–water partition coefficient (Wildman–Crippen LogP) is -3.43. The Bertz CT molecular complexity index is 282. The Hall–Kier alpha value is 0.300. The van der Waals surface area contributed by atoms with Crippen LogP contribution >= 0.6 is 20.5 Å². The van der Waals surface area contributed by atoms with Crippen LogP contribution in [-0.4, -0.2) is 51.8 Å². The van der Waals surface area contributed by atoms with Gasteiger partial charge >= 0.3 is 0 Å². The average molecular weight is 274 g/mol. The molecule has 1 aliphatic heterocycles. The van der Waals surface area contributed by atoms with E-state index in [0.29, 0.717) is 0 Å². The zero-order valence-corrected chi connectivity index (χ0v) is 9.66. The first-order chi connectivity index (χ1) is 7.22. The first kappa shape index (κ1) is 14.4. The van der Waals surface area contributed by atoms with E-state index in [1.807, 2.05) is 0 Å². The fraction of sp³-hybridized carbons (Fsp3) is 1.00. The van der Waals surface area contributed by atoms with Gasteiger partial charge in [0, 0.05) is 0 Å². The summed E-state index contributed by atoms with van der Waals surface area (Å²) in [6, 6.07) is 0. The van der Waals surface area contributed by atoms with E-state index in [1.165, 1.54) is 0 Å². The van der Waals surface area contributed by atoms with E-state index in [2.05, 4.69) is 17.2 Å². The van der Waals surface area contributed by atoms with E-state index in [4.69, 9.17) is 4.74 Å². The summed E-state index contributed by atoms with van der Waals surface area (Å²) in [5.74, 6) is 0. The predicted molar refractivity (Wildman–Crippen MR) is 49.2 cm³/mol. The fourth-order valence-corrected chi connectivity index (χ4v) is 1.81. The van der Waals surface area contributed by atoms with Crippen molar-refractivity contribution in [2.75, 3.05) is 6.61 Å². The molecule has 0 radical (unpaired) electrons. The lowest BCUT2D eigenvalue weighted by molar-refractivity contribution is -0.345. The highest BCUT2D eigenvalue weighted by molar-refractivity contribution is 7.81. The number of aliphatic hydroxyl groups is 3. The highest BCUT2D eigenvalue weighted by atomic mass is 32.1. The molecule has 0 bridgehead atoms. The molecule has 1 saturated heterocycles. The van der Waals surface area contributed by atoms with Gasteiger partial charge in [0.2, 0.25) is 0 Å². The summed E-state index contributed by atoms with van der Waals surface area (Å²) in [6.07, 6.45) is -5.73. The molecule has 0 aromatic heterocycles. The molecular weight excluding hydrogens is 263 g/mol. The van der Waals surface area contributed by atoms with Crippen LogP contribution in [0.1, 0.15) is 0 Å². The normalized spacial score (nSPS) is 41.0. The van der Waals surface area contributed by atoms with Gasteiger partial charge in [0.05, 0.1) is 25.8 Å². The molecule has 5 atom stereocenters. The quantitative estimate of drug-likeness (QED) is 0.307. The zero-order chi connectivity index (χ0) is 12.5. The van der Waals surface area contributed by atoms with Crippen molar-refractivity contribution in [1.82, 2.24) is 0 Å². The standard InChI is InChI=1S/C6H13O8PS/c7-3-2(1-13-15(10,11)12)14-6(9)5(16)4(3)8/h2-9,16H,1H2,(H2,10,11,12)/p-2/t2-,3-,4+,5-,6-/m1/s1. The van der Waals surface area contributed by atoms with Crippen LogP contribution in [0.15, 0.2) is 0 Å². The van der Waals surface area contributed by atoms with Crippen LogP contribution in [-0.2, 0) is 13.8 Å². The summed E-state index contributed by atoms with van der Waals surface area (Å²) >= 11 is 3.77. The molecule has 10 heteroatoms. The van der Waals surface area contributed by atoms with E-state index >= 15 is 0 Å². The molecule has 0 amide bonds. The van der Waals surface area contributed by atoms with Crippen LogP contribution in [0.4, 0.5) is 0 Å². The number of hydrogen-bond donors (Lipinski definition) is 4. The molecule has 1 rings (SSSR count). The number of thiol groups is 1. The van der Waals surface area contributed by atoms with Gasteiger partial charge in [0.25, 0.3) is 0 Å². The molecular formula is C6H11O8PS-2. The van der Waals surface area contributed by atoms with Crippen molar-refractivity contribution in [2.24, 2.45) is 0 Å². The summed E-state index contributed by atoms with van der Waals surface area (Å²) in [5.41, 5.74) is 0. The van der Waals surface area contributed by atoms with Crippen LogP contribution in [0.25, 0.3) is 0 Å². The SMILES string of the molecule is O=P([O-])([O-])OC[C@H]1O[C@@H](O)[C@H](S)[C@@H](O)[C@@H]1O. The number of hydrogen-bond acceptors (Lipinski definition) is 9. The Kier molecular flexibility index (Phi) is 4.76. The molecule has 1 heterocycles. The Morgan fingerprint density at radius 2 is 1.88 bits per heavy atom. The van der Waals surface area contributed by atoms with Gasteiger partial charge in [-0.2, -0.15) is 12.6 Å². The fourth-order valence-electron chi connectivity index (χ4n) is 1.23. The maximum atomic E-state index is 10.2. The van der Waals surface area contributed by atoms with Gasteiger partial charge in [-0.15, -0.1) is 0 Å². The molecule has 16 heavy (non-hydrogen) atoms. The zero-order valence-electron chi connectivity index (χ0n) is 7.87. The molecule has 0 aromatic rings. The number of ether oxygens (including phenoxy) is 1. The van der Waals surface area contributed by atoms with Crippen molar-refractivity contribution < 1.29 is 38.9 Å². The molecule has 96 valence electrons. The number of rotatable bonds is 3. The van der Waals surface area contributed by atoms with E-state index in [-0.39, 0.29) is 0 Å². The van der Waals surface area contributed by atoms with Crippen LogP contribution in [0.5, 0.6) is 0 Å². The van der Waals surface area contributed by atoms with Crippen molar-refractivity contribution in [3.8, 4) is 0 Å². The first-order valence-electron chi connectivity index (χ1n) is 4.26. The van der Waals surface area contributed by atoms with Crippen molar-refractivity contribution >= 4 is 20.5 Å². The molecule has 0 saturated carbocycles. The lowest BCUT2D eigenvalue weighted by Crippen LogP contribution is -2.56. The number of aliphatic hydroxyl groups excluding tert-OH is 3. The monoisotopic (exact) mass is 274 g/mol.